The molecule has 0 heterocycles. The number of alkyl halides is 2. The van der Waals surface area contributed by atoms with Gasteiger partial charge in [0.15, 0.2) is 0 Å². The van der Waals surface area contributed by atoms with Crippen molar-refractivity contribution in [2.24, 2.45) is 0 Å². The molecule has 0 radical (unpaired) electrons. The Bertz CT molecular complexity index is 223. The summed E-state index contributed by atoms with van der Waals surface area (Å²) in [5.41, 5.74) is 0. The van der Waals surface area contributed by atoms with Gasteiger partial charge in [0.25, 0.3) is 4.52 Å². The molecular weight excluding hydrogens is 274 g/mol. The molecule has 0 saturated carbocycles. The Kier molecular flexibility index (Phi) is 6.31. The molecule has 90 valence electrons. The minimum absolute atomic E-state index is 0.856. The molecule has 9 heteroatoms. The summed E-state index contributed by atoms with van der Waals surface area (Å²) in [5.74, 6) is -1.36. The number of rotatable bonds is 6. The monoisotopic (exact) mass is 282 g/mol. The maximum absolute atomic E-state index is 11.2. The fraction of sp³-hybridized carbons (Fsp3) is 0.833. The molecule has 0 aliphatic carbocycles. The minimum Gasteiger partial charge on any atom is -0.394 e. The normalized spacial score (nSPS) is 18.3. The molecule has 0 spiro atoms. The minimum atomic E-state index is -2.54. The van der Waals surface area contributed by atoms with Crippen molar-refractivity contribution >= 4 is 40.9 Å². The van der Waals surface area contributed by atoms with Crippen molar-refractivity contribution in [3.05, 3.63) is 0 Å². The fourth-order valence-electron chi connectivity index (χ4n) is 0.684. The average Bonchev–Trinajstić information content (AvgIpc) is 2.24. The lowest BCUT2D eigenvalue weighted by molar-refractivity contribution is -0.145. The van der Waals surface area contributed by atoms with Crippen LogP contribution in [0.2, 0.25) is 0 Å². The summed E-state index contributed by atoms with van der Waals surface area (Å²) in [6.07, 6.45) is -5.81. The quantitative estimate of drug-likeness (QED) is 0.463. The smallest absolute Gasteiger partial charge is 0.297 e. The Morgan fingerprint density at radius 3 is 2.13 bits per heavy atom. The highest BCUT2D eigenvalue weighted by atomic mass is 35.5. The molecule has 3 atom stereocenters. The van der Waals surface area contributed by atoms with Crippen LogP contribution in [0, 0.1) is 0 Å². The summed E-state index contributed by atoms with van der Waals surface area (Å²) < 4.78 is 1.28. The summed E-state index contributed by atoms with van der Waals surface area (Å²) in [7, 11) is 0. The van der Waals surface area contributed by atoms with Crippen molar-refractivity contribution in [2.75, 3.05) is 6.61 Å². The van der Waals surface area contributed by atoms with Gasteiger partial charge >= 0.3 is 0 Å². The molecular formula is C6H9Cl3O6. The number of halogens is 3. The third-order valence-corrected chi connectivity index (χ3v) is 2.47. The lowest BCUT2D eigenvalue weighted by atomic mass is 10.1. The van der Waals surface area contributed by atoms with Gasteiger partial charge in [0.1, 0.15) is 18.3 Å². The Hall–Kier alpha value is 0.340. The number of hydrogen-bond acceptors (Lipinski definition) is 6. The van der Waals surface area contributed by atoms with Gasteiger partial charge in [0, 0.05) is 0 Å². The van der Waals surface area contributed by atoms with Gasteiger partial charge < -0.3 is 20.4 Å². The molecule has 0 saturated heterocycles. The summed E-state index contributed by atoms with van der Waals surface area (Å²) in [4.78, 5) is 11.2. The van der Waals surface area contributed by atoms with E-state index in [9.17, 15) is 9.90 Å². The Morgan fingerprint density at radius 1 is 1.33 bits per heavy atom. The number of carbonyl (C=O) groups excluding carboxylic acids is 1. The third-order valence-electron chi connectivity index (χ3n) is 1.56. The maximum atomic E-state index is 11.2. The third kappa shape index (κ3) is 4.01. The second-order valence-corrected chi connectivity index (χ2v) is 4.06. The van der Waals surface area contributed by atoms with Crippen molar-refractivity contribution in [1.82, 2.24) is 0 Å². The van der Waals surface area contributed by atoms with Gasteiger partial charge in [-0.05, 0) is 0 Å². The van der Waals surface area contributed by atoms with E-state index in [4.69, 9.17) is 50.4 Å². The second kappa shape index (κ2) is 6.17. The fourth-order valence-corrected chi connectivity index (χ4v) is 0.983. The van der Waals surface area contributed by atoms with E-state index in [2.05, 4.69) is 4.29 Å². The van der Waals surface area contributed by atoms with E-state index < -0.39 is 35.2 Å². The number of ketones is 1. The van der Waals surface area contributed by atoms with Crippen LogP contribution in [-0.2, 0) is 9.08 Å². The van der Waals surface area contributed by atoms with Crippen molar-refractivity contribution in [3.8, 4) is 0 Å². The predicted octanol–water partition coefficient (Wildman–Crippen LogP) is -1.07. The van der Waals surface area contributed by atoms with Crippen molar-refractivity contribution in [1.29, 1.82) is 0 Å². The van der Waals surface area contributed by atoms with Gasteiger partial charge in [0.2, 0.25) is 5.78 Å². The first-order valence-corrected chi connectivity index (χ1v) is 4.71. The molecule has 4 N–H and O–H groups in total. The van der Waals surface area contributed by atoms with Gasteiger partial charge in [-0.2, -0.15) is 0 Å². The summed E-state index contributed by atoms with van der Waals surface area (Å²) in [5, 5.41) is 35.6. The number of hydrogen-bond donors (Lipinski definition) is 4. The zero-order chi connectivity index (χ0) is 12.2. The maximum Gasteiger partial charge on any atom is 0.297 e. The molecule has 15 heavy (non-hydrogen) atoms. The predicted molar refractivity (Wildman–Crippen MR) is 51.5 cm³/mol. The lowest BCUT2D eigenvalue weighted by Crippen LogP contribution is -2.49. The molecule has 0 aliphatic rings. The standard InChI is InChI=1S/C6H9Cl3O6/c7-6(8,15-9)5(14)4(13)3(12)2(11)1-10/h2-4,10-13H,1H2/t2-,3-,4+/m1/s1. The van der Waals surface area contributed by atoms with Crippen LogP contribution < -0.4 is 0 Å². The Labute approximate surface area is 100 Å². The molecule has 0 aliphatic heterocycles. The first kappa shape index (κ1) is 15.3. The van der Waals surface area contributed by atoms with E-state index in [0.29, 0.717) is 0 Å². The van der Waals surface area contributed by atoms with Crippen molar-refractivity contribution in [2.45, 2.75) is 22.8 Å². The molecule has 0 rings (SSSR count). The van der Waals surface area contributed by atoms with Crippen molar-refractivity contribution in [3.63, 3.8) is 0 Å². The number of aliphatic hydroxyl groups is 4. The van der Waals surface area contributed by atoms with E-state index in [-0.39, 0.29) is 0 Å². The zero-order valence-electron chi connectivity index (χ0n) is 7.18. The molecule has 6 nitrogen and oxygen atoms in total. The lowest BCUT2D eigenvalue weighted by Gasteiger charge is -2.23. The molecule has 0 bridgehead atoms. The van der Waals surface area contributed by atoms with Crippen molar-refractivity contribution < 1.29 is 29.5 Å². The van der Waals surface area contributed by atoms with Crippen LogP contribution in [0.3, 0.4) is 0 Å². The topological polar surface area (TPSA) is 107 Å². The highest BCUT2D eigenvalue weighted by molar-refractivity contribution is 6.58. The molecule has 0 unspecified atom stereocenters. The van der Waals surface area contributed by atoms with Crippen LogP contribution in [0.5, 0.6) is 0 Å². The SMILES string of the molecule is O=C([C@@H](O)[C@H](O)[C@H](O)CO)C(Cl)(Cl)OCl. The average molecular weight is 283 g/mol. The molecule has 0 aromatic heterocycles. The second-order valence-electron chi connectivity index (χ2n) is 2.64. The van der Waals surface area contributed by atoms with E-state index in [0.717, 1.165) is 0 Å². The van der Waals surface area contributed by atoms with Gasteiger partial charge in [-0.1, -0.05) is 23.2 Å². The molecule has 0 aromatic rings. The largest absolute Gasteiger partial charge is 0.394 e. The highest BCUT2D eigenvalue weighted by Crippen LogP contribution is 2.27. The highest BCUT2D eigenvalue weighted by Gasteiger charge is 2.43. The first-order chi connectivity index (χ1) is 6.77. The van der Waals surface area contributed by atoms with E-state index in [1.54, 1.807) is 0 Å². The van der Waals surface area contributed by atoms with Crippen LogP contribution in [0.1, 0.15) is 0 Å². The van der Waals surface area contributed by atoms with Gasteiger partial charge in [0.05, 0.1) is 18.5 Å². The number of carbonyl (C=O) groups is 1. The van der Waals surface area contributed by atoms with Crippen LogP contribution in [0.4, 0.5) is 0 Å². The Balaban J connectivity index is 4.58. The number of aliphatic hydroxyl groups excluding tert-OH is 4. The summed E-state index contributed by atoms with van der Waals surface area (Å²) >= 11 is 15.2. The number of Topliss-reactive ketones (excluding diaryl/α,β-unsaturated/α-hetero) is 1. The van der Waals surface area contributed by atoms with Gasteiger partial charge in [-0.25, -0.2) is 4.29 Å². The van der Waals surface area contributed by atoms with E-state index >= 15 is 0 Å². The van der Waals surface area contributed by atoms with Gasteiger partial charge in [-0.3, -0.25) is 4.79 Å². The van der Waals surface area contributed by atoms with Crippen LogP contribution in [0.15, 0.2) is 0 Å². The van der Waals surface area contributed by atoms with Crippen LogP contribution in [-0.4, -0.2) is 55.6 Å². The molecule has 0 fully saturated rings. The van der Waals surface area contributed by atoms with Gasteiger partial charge in [-0.15, -0.1) is 0 Å². The van der Waals surface area contributed by atoms with Crippen LogP contribution >= 0.6 is 35.1 Å². The zero-order valence-corrected chi connectivity index (χ0v) is 9.45. The van der Waals surface area contributed by atoms with E-state index in [1.165, 1.54) is 0 Å². The molecule has 0 amide bonds. The Morgan fingerprint density at radius 2 is 1.80 bits per heavy atom. The summed E-state index contributed by atoms with van der Waals surface area (Å²) in [6, 6.07) is 0. The van der Waals surface area contributed by atoms with E-state index in [1.807, 2.05) is 0 Å². The molecule has 0 aromatic carbocycles. The summed E-state index contributed by atoms with van der Waals surface area (Å²) in [6.45, 7) is -0.856. The first-order valence-electron chi connectivity index (χ1n) is 3.64. The van der Waals surface area contributed by atoms with Crippen LogP contribution in [0.25, 0.3) is 0 Å².